The number of hydrogen-bond donors (Lipinski definition) is 2. The van der Waals surface area contributed by atoms with Crippen molar-refractivity contribution < 1.29 is 14.4 Å². The molecule has 0 spiro atoms. The molecule has 32 heavy (non-hydrogen) atoms. The maximum absolute atomic E-state index is 12.9. The summed E-state index contributed by atoms with van der Waals surface area (Å²) in [4.78, 5) is 42.9. The summed E-state index contributed by atoms with van der Waals surface area (Å²) in [5.74, 6) is -1.72. The number of nitrogens with one attached hydrogen (secondary N) is 2. The molecule has 1 aromatic heterocycles. The Bertz CT molecular complexity index is 1290. The van der Waals surface area contributed by atoms with Crippen LogP contribution < -0.4 is 15.5 Å². The van der Waals surface area contributed by atoms with Crippen molar-refractivity contribution in [3.05, 3.63) is 79.9 Å². The highest BCUT2D eigenvalue weighted by Gasteiger charge is 2.40. The number of benzene rings is 2. The third-order valence-corrected chi connectivity index (χ3v) is 6.49. The maximum Gasteiger partial charge on any atom is 0.283 e. The Balaban J connectivity index is 1.51. The Morgan fingerprint density at radius 2 is 1.75 bits per heavy atom. The molecule has 4 rings (SSSR count). The number of imide groups is 1. The summed E-state index contributed by atoms with van der Waals surface area (Å²) in [6, 6.07) is 10.9. The highest BCUT2D eigenvalue weighted by Crippen LogP contribution is 2.37. The number of aromatic nitrogens is 1. The second kappa shape index (κ2) is 8.91. The highest BCUT2D eigenvalue weighted by molar-refractivity contribution is 7.13. The minimum atomic E-state index is -0.724. The van der Waals surface area contributed by atoms with E-state index in [-0.39, 0.29) is 32.4 Å². The molecule has 0 bridgehead atoms. The Labute approximate surface area is 201 Å². The van der Waals surface area contributed by atoms with Gasteiger partial charge in [-0.1, -0.05) is 40.9 Å². The summed E-state index contributed by atoms with van der Waals surface area (Å²) in [6.07, 6.45) is 0. The van der Waals surface area contributed by atoms with E-state index >= 15 is 0 Å². The molecule has 1 aliphatic rings. The number of aryl methyl sites for hydroxylation is 1. The summed E-state index contributed by atoms with van der Waals surface area (Å²) >= 11 is 19.6. The predicted octanol–water partition coefficient (Wildman–Crippen LogP) is 5.45. The predicted molar refractivity (Wildman–Crippen MR) is 127 cm³/mol. The molecule has 0 saturated heterocycles. The molecule has 0 fully saturated rings. The van der Waals surface area contributed by atoms with Gasteiger partial charge in [-0.2, -0.15) is 0 Å². The van der Waals surface area contributed by atoms with Crippen LogP contribution in [0.3, 0.4) is 0 Å². The lowest BCUT2D eigenvalue weighted by molar-refractivity contribution is -0.120. The highest BCUT2D eigenvalue weighted by atomic mass is 35.5. The molecule has 2 aromatic carbocycles. The number of hydrogen-bond acceptors (Lipinski definition) is 6. The first-order valence-corrected chi connectivity index (χ1v) is 11.1. The van der Waals surface area contributed by atoms with Crippen molar-refractivity contribution in [3.8, 4) is 0 Å². The third-order valence-electron chi connectivity index (χ3n) is 4.46. The van der Waals surface area contributed by atoms with Gasteiger partial charge in [0.25, 0.3) is 17.7 Å². The molecule has 162 valence electrons. The van der Waals surface area contributed by atoms with E-state index in [1.54, 1.807) is 36.4 Å². The van der Waals surface area contributed by atoms with Crippen LogP contribution in [0.1, 0.15) is 16.1 Å². The number of rotatable bonds is 5. The van der Waals surface area contributed by atoms with Crippen LogP contribution in [0.4, 0.5) is 16.5 Å². The Hall–Kier alpha value is -2.91. The zero-order valence-electron chi connectivity index (χ0n) is 16.3. The van der Waals surface area contributed by atoms with Crippen molar-refractivity contribution in [2.75, 3.05) is 15.5 Å². The average molecular weight is 508 g/mol. The molecule has 0 aliphatic carbocycles. The zero-order valence-corrected chi connectivity index (χ0v) is 19.4. The van der Waals surface area contributed by atoms with E-state index in [4.69, 9.17) is 34.8 Å². The first-order valence-electron chi connectivity index (χ1n) is 9.09. The van der Waals surface area contributed by atoms with Gasteiger partial charge in [0.1, 0.15) is 10.7 Å². The number of halogens is 3. The van der Waals surface area contributed by atoms with Gasteiger partial charge in [-0.3, -0.25) is 19.7 Å². The van der Waals surface area contributed by atoms with Crippen LogP contribution in [0.2, 0.25) is 10.0 Å². The molecule has 2 N–H and O–H groups in total. The van der Waals surface area contributed by atoms with Gasteiger partial charge in [-0.25, -0.2) is 9.88 Å². The Morgan fingerprint density at radius 3 is 2.41 bits per heavy atom. The molecular weight excluding hydrogens is 495 g/mol. The first-order chi connectivity index (χ1) is 15.3. The standard InChI is InChI=1S/C21H13Cl3N4O3S/c1-10-9-32-21(25-10)27-18(29)11-5-7-12(8-6-11)26-17-16(24)19(30)28(20(17)31)14-4-2-3-13(22)15(14)23/h2-9,26H,1H3,(H,25,27,29). The van der Waals surface area contributed by atoms with Crippen molar-refractivity contribution in [2.45, 2.75) is 6.92 Å². The molecule has 0 atom stereocenters. The smallest absolute Gasteiger partial charge is 0.283 e. The summed E-state index contributed by atoms with van der Waals surface area (Å²) < 4.78 is 0. The molecule has 3 aromatic rings. The first kappa shape index (κ1) is 22.3. The lowest BCUT2D eigenvalue weighted by atomic mass is 10.2. The van der Waals surface area contributed by atoms with E-state index in [9.17, 15) is 14.4 Å². The second-order valence-electron chi connectivity index (χ2n) is 6.66. The lowest BCUT2D eigenvalue weighted by Gasteiger charge is -2.17. The van der Waals surface area contributed by atoms with E-state index < -0.39 is 11.8 Å². The maximum atomic E-state index is 12.9. The lowest BCUT2D eigenvalue weighted by Crippen LogP contribution is -2.32. The zero-order chi connectivity index (χ0) is 23.0. The van der Waals surface area contributed by atoms with Gasteiger partial charge in [-0.05, 0) is 43.3 Å². The van der Waals surface area contributed by atoms with Crippen molar-refractivity contribution >= 4 is 80.4 Å². The SMILES string of the molecule is Cc1csc(NC(=O)c2ccc(NC3=C(Cl)C(=O)N(c4cccc(Cl)c4Cl)C3=O)cc2)n1. The molecule has 7 nitrogen and oxygen atoms in total. The van der Waals surface area contributed by atoms with Crippen molar-refractivity contribution in [2.24, 2.45) is 0 Å². The fraction of sp³-hybridized carbons (Fsp3) is 0.0476. The van der Waals surface area contributed by atoms with Crippen LogP contribution in [0.5, 0.6) is 0 Å². The summed E-state index contributed by atoms with van der Waals surface area (Å²) in [7, 11) is 0. The minimum Gasteiger partial charge on any atom is -0.350 e. The average Bonchev–Trinajstić information content (AvgIpc) is 3.27. The van der Waals surface area contributed by atoms with Gasteiger partial charge in [0.2, 0.25) is 0 Å². The number of amides is 3. The summed E-state index contributed by atoms with van der Waals surface area (Å²) in [6.45, 7) is 1.84. The van der Waals surface area contributed by atoms with Gasteiger partial charge in [0.05, 0.1) is 21.4 Å². The number of carbonyl (C=O) groups is 3. The van der Waals surface area contributed by atoms with Crippen molar-refractivity contribution in [3.63, 3.8) is 0 Å². The van der Waals surface area contributed by atoms with Crippen LogP contribution in [0.25, 0.3) is 0 Å². The molecular formula is C21H13Cl3N4O3S. The number of anilines is 3. The molecule has 0 saturated carbocycles. The van der Waals surface area contributed by atoms with Crippen LogP contribution in [-0.4, -0.2) is 22.7 Å². The normalized spacial score (nSPS) is 13.7. The monoisotopic (exact) mass is 506 g/mol. The molecule has 0 unspecified atom stereocenters. The minimum absolute atomic E-state index is 0.0624. The van der Waals surface area contributed by atoms with E-state index in [1.165, 1.54) is 17.4 Å². The van der Waals surface area contributed by atoms with E-state index in [0.717, 1.165) is 10.6 Å². The molecule has 0 radical (unpaired) electrons. The fourth-order valence-electron chi connectivity index (χ4n) is 2.93. The summed E-state index contributed by atoms with van der Waals surface area (Å²) in [5, 5.41) is 7.87. The van der Waals surface area contributed by atoms with Gasteiger partial charge in [0.15, 0.2) is 5.13 Å². The third kappa shape index (κ3) is 4.22. The van der Waals surface area contributed by atoms with Gasteiger partial charge in [-0.15, -0.1) is 11.3 Å². The second-order valence-corrected chi connectivity index (χ2v) is 8.68. The van der Waals surface area contributed by atoms with Gasteiger partial charge < -0.3 is 5.32 Å². The van der Waals surface area contributed by atoms with Crippen molar-refractivity contribution in [1.82, 2.24) is 4.98 Å². The Kier molecular flexibility index (Phi) is 6.21. The van der Waals surface area contributed by atoms with E-state index in [1.807, 2.05) is 12.3 Å². The largest absolute Gasteiger partial charge is 0.350 e. The van der Waals surface area contributed by atoms with Crippen molar-refractivity contribution in [1.29, 1.82) is 0 Å². The van der Waals surface area contributed by atoms with Gasteiger partial charge in [0, 0.05) is 16.6 Å². The number of nitrogens with zero attached hydrogens (tertiary/aromatic N) is 2. The molecule has 11 heteroatoms. The van der Waals surface area contributed by atoms with Crippen LogP contribution >= 0.6 is 46.1 Å². The number of thiazole rings is 1. The van der Waals surface area contributed by atoms with Gasteiger partial charge >= 0.3 is 0 Å². The van der Waals surface area contributed by atoms with E-state index in [2.05, 4.69) is 15.6 Å². The van der Waals surface area contributed by atoms with Crippen LogP contribution in [0.15, 0.2) is 58.6 Å². The molecule has 1 aliphatic heterocycles. The fourth-order valence-corrected chi connectivity index (χ4v) is 4.20. The quantitative estimate of drug-likeness (QED) is 0.448. The van der Waals surface area contributed by atoms with Crippen LogP contribution in [0, 0.1) is 6.92 Å². The van der Waals surface area contributed by atoms with E-state index in [0.29, 0.717) is 16.4 Å². The van der Waals surface area contributed by atoms with Crippen LogP contribution in [-0.2, 0) is 9.59 Å². The topological polar surface area (TPSA) is 91.4 Å². The molecule has 3 amide bonds. The summed E-state index contributed by atoms with van der Waals surface area (Å²) in [5.41, 5.74) is 1.69. The Morgan fingerprint density at radius 1 is 1.03 bits per heavy atom. The number of carbonyl (C=O) groups excluding carboxylic acids is 3. The molecule has 2 heterocycles.